The van der Waals surface area contributed by atoms with Gasteiger partial charge in [0.2, 0.25) is 0 Å². The van der Waals surface area contributed by atoms with E-state index in [0.717, 1.165) is 35.4 Å². The molecule has 0 heterocycles. The van der Waals surface area contributed by atoms with Crippen molar-refractivity contribution in [3.8, 4) is 5.75 Å². The molecule has 0 aliphatic heterocycles. The molecule has 132 valence electrons. The number of rotatable bonds is 4. The SMILES string of the molecule is Cc1cc(C)c(NC(=O)[C@H](C)Oc2ccc3c(c2)CCCC3)c(C)c1. The largest absolute Gasteiger partial charge is 0.481 e. The van der Waals surface area contributed by atoms with E-state index in [-0.39, 0.29) is 5.91 Å². The van der Waals surface area contributed by atoms with Crippen LogP contribution < -0.4 is 10.1 Å². The quantitative estimate of drug-likeness (QED) is 0.862. The number of ether oxygens (including phenoxy) is 1. The Morgan fingerprint density at radius 2 is 1.64 bits per heavy atom. The second-order valence-electron chi connectivity index (χ2n) is 7.16. The predicted octanol–water partition coefficient (Wildman–Crippen LogP) is 4.90. The number of benzene rings is 2. The highest BCUT2D eigenvalue weighted by molar-refractivity contribution is 5.95. The summed E-state index contributed by atoms with van der Waals surface area (Å²) in [5.41, 5.74) is 7.02. The van der Waals surface area contributed by atoms with Crippen molar-refractivity contribution in [2.45, 2.75) is 59.5 Å². The van der Waals surface area contributed by atoms with Gasteiger partial charge in [-0.1, -0.05) is 23.8 Å². The van der Waals surface area contributed by atoms with E-state index in [1.54, 1.807) is 6.92 Å². The lowest BCUT2D eigenvalue weighted by atomic mass is 9.92. The molecule has 0 fully saturated rings. The van der Waals surface area contributed by atoms with E-state index < -0.39 is 6.10 Å². The molecule has 0 bridgehead atoms. The van der Waals surface area contributed by atoms with Crippen LogP contribution in [0.25, 0.3) is 0 Å². The van der Waals surface area contributed by atoms with Gasteiger partial charge in [0.25, 0.3) is 5.91 Å². The summed E-state index contributed by atoms with van der Waals surface area (Å²) in [5.74, 6) is 0.661. The first-order valence-corrected chi connectivity index (χ1v) is 9.11. The van der Waals surface area contributed by atoms with Crippen molar-refractivity contribution in [1.29, 1.82) is 0 Å². The molecular formula is C22H27NO2. The molecular weight excluding hydrogens is 310 g/mol. The highest BCUT2D eigenvalue weighted by Crippen LogP contribution is 2.26. The van der Waals surface area contributed by atoms with Crippen LogP contribution in [0.2, 0.25) is 0 Å². The minimum atomic E-state index is -0.540. The Balaban J connectivity index is 1.69. The number of hydrogen-bond donors (Lipinski definition) is 1. The van der Waals surface area contributed by atoms with E-state index in [4.69, 9.17) is 4.74 Å². The predicted molar refractivity (Wildman–Crippen MR) is 102 cm³/mol. The molecule has 2 aromatic rings. The summed E-state index contributed by atoms with van der Waals surface area (Å²) in [7, 11) is 0. The molecule has 25 heavy (non-hydrogen) atoms. The van der Waals surface area contributed by atoms with Crippen LogP contribution in [0.15, 0.2) is 30.3 Å². The number of hydrogen-bond acceptors (Lipinski definition) is 2. The smallest absolute Gasteiger partial charge is 0.265 e. The van der Waals surface area contributed by atoms with Gasteiger partial charge in [0.15, 0.2) is 6.10 Å². The summed E-state index contributed by atoms with van der Waals surface area (Å²) in [6.07, 6.45) is 4.22. The van der Waals surface area contributed by atoms with Crippen LogP contribution in [0.5, 0.6) is 5.75 Å². The third-order valence-electron chi connectivity index (χ3n) is 4.93. The molecule has 1 amide bonds. The minimum Gasteiger partial charge on any atom is -0.481 e. The van der Waals surface area contributed by atoms with Crippen LogP contribution >= 0.6 is 0 Å². The van der Waals surface area contributed by atoms with Crippen molar-refractivity contribution >= 4 is 11.6 Å². The summed E-state index contributed by atoms with van der Waals surface area (Å²) < 4.78 is 5.91. The molecule has 0 spiro atoms. The Bertz CT molecular complexity index is 772. The third kappa shape index (κ3) is 4.04. The molecule has 1 atom stereocenters. The fourth-order valence-corrected chi connectivity index (χ4v) is 3.64. The van der Waals surface area contributed by atoms with E-state index in [1.165, 1.54) is 29.5 Å². The van der Waals surface area contributed by atoms with Crippen LogP contribution in [-0.2, 0) is 17.6 Å². The molecule has 0 saturated carbocycles. The normalized spacial score (nSPS) is 14.6. The van der Waals surface area contributed by atoms with Gasteiger partial charge in [-0.25, -0.2) is 0 Å². The molecule has 3 rings (SSSR count). The lowest BCUT2D eigenvalue weighted by molar-refractivity contribution is -0.122. The van der Waals surface area contributed by atoms with Gasteiger partial charge in [-0.3, -0.25) is 4.79 Å². The van der Waals surface area contributed by atoms with E-state index in [1.807, 2.05) is 19.9 Å². The summed E-state index contributed by atoms with van der Waals surface area (Å²) in [5, 5.41) is 3.02. The second kappa shape index (κ2) is 7.30. The first kappa shape index (κ1) is 17.5. The van der Waals surface area contributed by atoms with Crippen molar-refractivity contribution < 1.29 is 9.53 Å². The Hall–Kier alpha value is -2.29. The van der Waals surface area contributed by atoms with Crippen molar-refractivity contribution in [2.24, 2.45) is 0 Å². The average molecular weight is 337 g/mol. The molecule has 3 nitrogen and oxygen atoms in total. The summed E-state index contributed by atoms with van der Waals surface area (Å²) in [6.45, 7) is 7.90. The lowest BCUT2D eigenvalue weighted by Crippen LogP contribution is -2.30. The average Bonchev–Trinajstić information content (AvgIpc) is 2.57. The fraction of sp³-hybridized carbons (Fsp3) is 0.409. The maximum absolute atomic E-state index is 12.6. The summed E-state index contributed by atoms with van der Waals surface area (Å²) in [4.78, 5) is 12.6. The molecule has 0 saturated heterocycles. The minimum absolute atomic E-state index is 0.118. The Kier molecular flexibility index (Phi) is 5.12. The first-order chi connectivity index (χ1) is 11.9. The van der Waals surface area contributed by atoms with E-state index in [0.29, 0.717) is 0 Å². The highest BCUT2D eigenvalue weighted by atomic mass is 16.5. The van der Waals surface area contributed by atoms with Crippen molar-refractivity contribution in [3.05, 3.63) is 58.1 Å². The first-order valence-electron chi connectivity index (χ1n) is 9.11. The van der Waals surface area contributed by atoms with E-state index in [2.05, 4.69) is 36.5 Å². The summed E-state index contributed by atoms with van der Waals surface area (Å²) >= 11 is 0. The highest BCUT2D eigenvalue weighted by Gasteiger charge is 2.18. The molecule has 2 aromatic carbocycles. The van der Waals surface area contributed by atoms with Gasteiger partial charge in [-0.15, -0.1) is 0 Å². The third-order valence-corrected chi connectivity index (χ3v) is 4.93. The van der Waals surface area contributed by atoms with Gasteiger partial charge in [0, 0.05) is 5.69 Å². The number of carbonyl (C=O) groups is 1. The van der Waals surface area contributed by atoms with Crippen LogP contribution in [0, 0.1) is 20.8 Å². The number of aryl methyl sites for hydroxylation is 5. The molecule has 0 aromatic heterocycles. The van der Waals surface area contributed by atoms with Crippen molar-refractivity contribution in [3.63, 3.8) is 0 Å². The maximum Gasteiger partial charge on any atom is 0.265 e. The van der Waals surface area contributed by atoms with Gasteiger partial charge in [-0.05, 0) is 87.8 Å². The van der Waals surface area contributed by atoms with Crippen molar-refractivity contribution in [1.82, 2.24) is 0 Å². The Morgan fingerprint density at radius 1 is 1.00 bits per heavy atom. The molecule has 0 unspecified atom stereocenters. The van der Waals surface area contributed by atoms with Gasteiger partial charge < -0.3 is 10.1 Å². The zero-order valence-corrected chi connectivity index (χ0v) is 15.6. The van der Waals surface area contributed by atoms with E-state index >= 15 is 0 Å². The topological polar surface area (TPSA) is 38.3 Å². The maximum atomic E-state index is 12.6. The standard InChI is InChI=1S/C22H27NO2/c1-14-11-15(2)21(16(3)12-14)23-22(24)17(4)25-20-10-9-18-7-5-6-8-19(18)13-20/h9-13,17H,5-8H2,1-4H3,(H,23,24)/t17-/m0/s1. The molecule has 1 aliphatic carbocycles. The monoisotopic (exact) mass is 337 g/mol. The molecule has 1 N–H and O–H groups in total. The molecule has 0 radical (unpaired) electrons. The number of carbonyl (C=O) groups excluding carboxylic acids is 1. The van der Waals surface area contributed by atoms with E-state index in [9.17, 15) is 4.79 Å². The van der Waals surface area contributed by atoms with Gasteiger partial charge in [-0.2, -0.15) is 0 Å². The zero-order chi connectivity index (χ0) is 18.0. The zero-order valence-electron chi connectivity index (χ0n) is 15.6. The Labute approximate surface area is 150 Å². The van der Waals surface area contributed by atoms with Crippen LogP contribution in [0.1, 0.15) is 47.6 Å². The number of fused-ring (bicyclic) bond motifs is 1. The number of amides is 1. The van der Waals surface area contributed by atoms with Gasteiger partial charge in [0.05, 0.1) is 0 Å². The summed E-state index contributed by atoms with van der Waals surface area (Å²) in [6, 6.07) is 10.4. The molecule has 1 aliphatic rings. The molecule has 3 heteroatoms. The number of anilines is 1. The lowest BCUT2D eigenvalue weighted by Gasteiger charge is -2.20. The van der Waals surface area contributed by atoms with Crippen LogP contribution in [-0.4, -0.2) is 12.0 Å². The van der Waals surface area contributed by atoms with Crippen LogP contribution in [0.3, 0.4) is 0 Å². The van der Waals surface area contributed by atoms with Crippen molar-refractivity contribution in [2.75, 3.05) is 5.32 Å². The van der Waals surface area contributed by atoms with Crippen LogP contribution in [0.4, 0.5) is 5.69 Å². The Morgan fingerprint density at radius 3 is 2.32 bits per heavy atom. The number of nitrogens with one attached hydrogen (secondary N) is 1. The fourth-order valence-electron chi connectivity index (χ4n) is 3.64. The van der Waals surface area contributed by atoms with Gasteiger partial charge in [0.1, 0.15) is 5.75 Å². The second-order valence-corrected chi connectivity index (χ2v) is 7.16. The van der Waals surface area contributed by atoms with Gasteiger partial charge >= 0.3 is 0 Å².